The molecule has 1 aromatic rings. The summed E-state index contributed by atoms with van der Waals surface area (Å²) < 4.78 is 6.41. The lowest BCUT2D eigenvalue weighted by molar-refractivity contribution is -0.136. The van der Waals surface area contributed by atoms with Crippen LogP contribution in [0.4, 0.5) is 0 Å². The minimum atomic E-state index is -1.85. The number of β-lactam (4-membered cyclic amide) rings is 1. The maximum atomic E-state index is 12.0. The molecule has 0 saturated carbocycles. The Morgan fingerprint density at radius 3 is 2.32 bits per heavy atom. The SMILES string of the molecule is C[C@H](O[Si](C)(C)C(C)(C)C)[C@@H]1C(=O)N[C@@H]1Sc1ccccc1. The van der Waals surface area contributed by atoms with E-state index >= 15 is 0 Å². The number of nitrogens with one attached hydrogen (secondary N) is 1. The van der Waals surface area contributed by atoms with Crippen LogP contribution < -0.4 is 5.32 Å². The van der Waals surface area contributed by atoms with E-state index in [0.717, 1.165) is 0 Å². The van der Waals surface area contributed by atoms with Crippen LogP contribution in [0.15, 0.2) is 35.2 Å². The highest BCUT2D eigenvalue weighted by Crippen LogP contribution is 2.40. The number of hydrogen-bond donors (Lipinski definition) is 1. The molecule has 1 heterocycles. The van der Waals surface area contributed by atoms with Crippen molar-refractivity contribution in [2.45, 2.75) is 62.2 Å². The normalized spacial score (nSPS) is 23.6. The topological polar surface area (TPSA) is 38.3 Å². The molecule has 0 aliphatic carbocycles. The van der Waals surface area contributed by atoms with Gasteiger partial charge in [-0.3, -0.25) is 4.79 Å². The molecule has 1 aliphatic heterocycles. The third-order valence-corrected chi connectivity index (χ3v) is 10.5. The van der Waals surface area contributed by atoms with E-state index in [1.807, 2.05) is 25.1 Å². The highest BCUT2D eigenvalue weighted by molar-refractivity contribution is 8.00. The van der Waals surface area contributed by atoms with Crippen molar-refractivity contribution >= 4 is 26.0 Å². The van der Waals surface area contributed by atoms with Gasteiger partial charge in [-0.05, 0) is 37.2 Å². The molecule has 0 spiro atoms. The molecule has 3 nitrogen and oxygen atoms in total. The van der Waals surface area contributed by atoms with Crippen molar-refractivity contribution in [2.24, 2.45) is 5.92 Å². The lowest BCUT2D eigenvalue weighted by Gasteiger charge is -2.45. The van der Waals surface area contributed by atoms with E-state index in [2.05, 4.69) is 51.3 Å². The van der Waals surface area contributed by atoms with Gasteiger partial charge in [-0.15, -0.1) is 11.8 Å². The summed E-state index contributed by atoms with van der Waals surface area (Å²) in [7, 11) is -1.85. The predicted molar refractivity (Wildman–Crippen MR) is 95.5 cm³/mol. The number of amides is 1. The zero-order valence-electron chi connectivity index (χ0n) is 14.3. The van der Waals surface area contributed by atoms with Crippen molar-refractivity contribution in [3.63, 3.8) is 0 Å². The Morgan fingerprint density at radius 2 is 1.82 bits per heavy atom. The Labute approximate surface area is 139 Å². The molecule has 0 unspecified atom stereocenters. The van der Waals surface area contributed by atoms with Crippen LogP contribution in [0, 0.1) is 5.92 Å². The summed E-state index contributed by atoms with van der Waals surface area (Å²) >= 11 is 1.71. The van der Waals surface area contributed by atoms with Crippen LogP contribution in [0.5, 0.6) is 0 Å². The molecule has 0 radical (unpaired) electrons. The van der Waals surface area contributed by atoms with E-state index in [9.17, 15) is 4.79 Å². The Morgan fingerprint density at radius 1 is 1.23 bits per heavy atom. The van der Waals surface area contributed by atoms with Gasteiger partial charge in [-0.1, -0.05) is 39.0 Å². The summed E-state index contributed by atoms with van der Waals surface area (Å²) in [5.74, 6) is 0.0407. The average molecular weight is 338 g/mol. The molecular weight excluding hydrogens is 310 g/mol. The molecule has 0 bridgehead atoms. The molecule has 2 rings (SSSR count). The number of thioether (sulfide) groups is 1. The van der Waals surface area contributed by atoms with Gasteiger partial charge in [0, 0.05) is 4.90 Å². The van der Waals surface area contributed by atoms with Crippen LogP contribution in [0.2, 0.25) is 18.1 Å². The summed E-state index contributed by atoms with van der Waals surface area (Å²) in [5, 5.41) is 3.27. The van der Waals surface area contributed by atoms with Crippen LogP contribution in [-0.2, 0) is 9.22 Å². The number of carbonyl (C=O) groups is 1. The number of rotatable bonds is 5. The fourth-order valence-corrected chi connectivity index (χ4v) is 4.99. The third-order valence-electron chi connectivity index (χ3n) is 4.71. The quantitative estimate of drug-likeness (QED) is 0.644. The van der Waals surface area contributed by atoms with Crippen LogP contribution in [0.3, 0.4) is 0 Å². The molecule has 1 aromatic carbocycles. The van der Waals surface area contributed by atoms with Crippen molar-refractivity contribution in [3.05, 3.63) is 30.3 Å². The van der Waals surface area contributed by atoms with E-state index in [4.69, 9.17) is 4.43 Å². The van der Waals surface area contributed by atoms with Crippen molar-refractivity contribution in [2.75, 3.05) is 0 Å². The highest BCUT2D eigenvalue weighted by Gasteiger charge is 2.47. The van der Waals surface area contributed by atoms with E-state index in [1.54, 1.807) is 11.8 Å². The van der Waals surface area contributed by atoms with E-state index < -0.39 is 8.32 Å². The first-order valence-corrected chi connectivity index (χ1v) is 11.6. The van der Waals surface area contributed by atoms with Gasteiger partial charge in [0.05, 0.1) is 17.4 Å². The van der Waals surface area contributed by atoms with Gasteiger partial charge < -0.3 is 9.74 Å². The Balaban J connectivity index is 2.02. The smallest absolute Gasteiger partial charge is 0.229 e. The lowest BCUT2D eigenvalue weighted by Crippen LogP contribution is -2.62. The van der Waals surface area contributed by atoms with Crippen LogP contribution in [-0.4, -0.2) is 25.7 Å². The molecule has 5 heteroatoms. The van der Waals surface area contributed by atoms with Crippen molar-refractivity contribution in [1.82, 2.24) is 5.32 Å². The number of carbonyl (C=O) groups excluding carboxylic acids is 1. The second-order valence-corrected chi connectivity index (χ2v) is 13.4. The average Bonchev–Trinajstić information content (AvgIpc) is 2.36. The molecule has 22 heavy (non-hydrogen) atoms. The monoisotopic (exact) mass is 337 g/mol. The zero-order chi connectivity index (χ0) is 16.5. The van der Waals surface area contributed by atoms with Crippen LogP contribution >= 0.6 is 11.8 Å². The van der Waals surface area contributed by atoms with E-state index in [1.165, 1.54) is 4.90 Å². The van der Waals surface area contributed by atoms with Gasteiger partial charge in [0.1, 0.15) is 0 Å². The number of hydrogen-bond acceptors (Lipinski definition) is 3. The first-order valence-electron chi connectivity index (χ1n) is 7.82. The molecule has 1 amide bonds. The minimum absolute atomic E-state index is 0.0455. The summed E-state index contributed by atoms with van der Waals surface area (Å²) in [4.78, 5) is 13.2. The molecule has 1 aliphatic rings. The second-order valence-electron chi connectivity index (χ2n) is 7.47. The maximum Gasteiger partial charge on any atom is 0.229 e. The van der Waals surface area contributed by atoms with E-state index in [0.29, 0.717) is 0 Å². The largest absolute Gasteiger partial charge is 0.413 e. The van der Waals surface area contributed by atoms with Gasteiger partial charge in [-0.25, -0.2) is 0 Å². The van der Waals surface area contributed by atoms with Crippen LogP contribution in [0.1, 0.15) is 27.7 Å². The van der Waals surface area contributed by atoms with Crippen molar-refractivity contribution < 1.29 is 9.22 Å². The summed E-state index contributed by atoms with van der Waals surface area (Å²) in [5.41, 5.74) is 0. The zero-order valence-corrected chi connectivity index (χ0v) is 16.2. The van der Waals surface area contributed by atoms with Gasteiger partial charge >= 0.3 is 0 Å². The molecule has 1 N–H and O–H groups in total. The Hall–Kier alpha value is -0.783. The molecule has 3 atom stereocenters. The Bertz CT molecular complexity index is 527. The first kappa shape index (κ1) is 17.6. The minimum Gasteiger partial charge on any atom is -0.413 e. The number of benzene rings is 1. The molecular formula is C17H27NO2SSi. The maximum absolute atomic E-state index is 12.0. The Kier molecular flexibility index (Phi) is 5.09. The van der Waals surface area contributed by atoms with Gasteiger partial charge in [-0.2, -0.15) is 0 Å². The van der Waals surface area contributed by atoms with E-state index in [-0.39, 0.29) is 28.3 Å². The van der Waals surface area contributed by atoms with Gasteiger partial charge in [0.2, 0.25) is 5.91 Å². The fourth-order valence-electron chi connectivity index (χ4n) is 2.29. The summed E-state index contributed by atoms with van der Waals surface area (Å²) in [6.07, 6.45) is -0.0455. The molecule has 1 fully saturated rings. The molecule has 1 saturated heterocycles. The highest BCUT2D eigenvalue weighted by atomic mass is 32.2. The molecule has 0 aromatic heterocycles. The molecule has 122 valence electrons. The third kappa shape index (κ3) is 3.75. The van der Waals surface area contributed by atoms with Crippen LogP contribution in [0.25, 0.3) is 0 Å². The van der Waals surface area contributed by atoms with Gasteiger partial charge in [0.25, 0.3) is 0 Å². The predicted octanol–water partition coefficient (Wildman–Crippen LogP) is 4.26. The van der Waals surface area contributed by atoms with Crippen molar-refractivity contribution in [1.29, 1.82) is 0 Å². The summed E-state index contributed by atoms with van der Waals surface area (Å²) in [6, 6.07) is 10.2. The standard InChI is InChI=1S/C17H27NO2SSi/c1-12(20-22(5,6)17(2,3)4)14-15(19)18-16(14)21-13-10-8-7-9-11-13/h7-12,14,16H,1-6H3,(H,18,19)/t12-,14+,16+/m0/s1. The van der Waals surface area contributed by atoms with Crippen molar-refractivity contribution in [3.8, 4) is 0 Å². The fraction of sp³-hybridized carbons (Fsp3) is 0.588. The second kappa shape index (κ2) is 6.38. The lowest BCUT2D eigenvalue weighted by atomic mass is 9.96. The van der Waals surface area contributed by atoms with Gasteiger partial charge in [0.15, 0.2) is 8.32 Å². The first-order chi connectivity index (χ1) is 10.1. The summed E-state index contributed by atoms with van der Waals surface area (Å²) in [6.45, 7) is 13.2.